The van der Waals surface area contributed by atoms with E-state index in [0.717, 1.165) is 23.6 Å². The van der Waals surface area contributed by atoms with Crippen LogP contribution in [0.1, 0.15) is 56.1 Å². The first-order valence-electron chi connectivity index (χ1n) is 9.50. The van der Waals surface area contributed by atoms with Gasteiger partial charge in [0.2, 0.25) is 0 Å². The molecule has 28 heavy (non-hydrogen) atoms. The zero-order valence-corrected chi connectivity index (χ0v) is 16.5. The molecule has 0 saturated heterocycles. The number of hydrogen-bond acceptors (Lipinski definition) is 1. The van der Waals surface area contributed by atoms with E-state index >= 15 is 0 Å². The van der Waals surface area contributed by atoms with Gasteiger partial charge in [0.1, 0.15) is 17.3 Å². The van der Waals surface area contributed by atoms with Crippen molar-refractivity contribution in [3.63, 3.8) is 0 Å². The first kappa shape index (κ1) is 21.0. The van der Waals surface area contributed by atoms with Crippen LogP contribution in [0.2, 0.25) is 0 Å². The highest BCUT2D eigenvalue weighted by Crippen LogP contribution is 3.02. The summed E-state index contributed by atoms with van der Waals surface area (Å²) in [6.07, 6.45) is 6.17. The van der Waals surface area contributed by atoms with Crippen LogP contribution in [-0.4, -0.2) is 0 Å². The summed E-state index contributed by atoms with van der Waals surface area (Å²) >= 11 is 0. The second-order valence-corrected chi connectivity index (χ2v) is 10.0. The molecule has 3 rings (SSSR count). The topological polar surface area (TPSA) is 9.23 Å². The summed E-state index contributed by atoms with van der Waals surface area (Å²) in [4.78, 5) is -1.91. The highest BCUT2D eigenvalue weighted by Gasteiger charge is 2.65. The summed E-state index contributed by atoms with van der Waals surface area (Å²) in [6, 6.07) is 10.6. The quantitative estimate of drug-likeness (QED) is 0.425. The fraction of sp³-hybridized carbons (Fsp3) is 0.429. The van der Waals surface area contributed by atoms with Crippen LogP contribution >= 0.6 is 10.2 Å². The summed E-state index contributed by atoms with van der Waals surface area (Å²) in [5.74, 6) is 1.54. The predicted octanol–water partition coefficient (Wildman–Crippen LogP) is 8.61. The van der Waals surface area contributed by atoms with Gasteiger partial charge in [-0.3, -0.25) is 0 Å². The van der Waals surface area contributed by atoms with Crippen molar-refractivity contribution < 1.29 is 24.2 Å². The summed E-state index contributed by atoms with van der Waals surface area (Å²) in [5, 5.41) is 0. The largest absolute Gasteiger partial charge is 0.489 e. The average molecular weight is 420 g/mol. The van der Waals surface area contributed by atoms with E-state index in [9.17, 15) is 19.4 Å². The third kappa shape index (κ3) is 5.40. The lowest BCUT2D eigenvalue weighted by Gasteiger charge is -2.40. The zero-order chi connectivity index (χ0) is 20.5. The van der Waals surface area contributed by atoms with E-state index in [1.807, 2.05) is 12.1 Å². The van der Waals surface area contributed by atoms with Crippen molar-refractivity contribution in [3.8, 4) is 5.75 Å². The molecule has 0 N–H and O–H groups in total. The number of hydrogen-bond donors (Lipinski definition) is 0. The van der Waals surface area contributed by atoms with Gasteiger partial charge in [-0.25, -0.2) is 0 Å². The van der Waals surface area contributed by atoms with Crippen LogP contribution < -0.4 is 4.74 Å². The monoisotopic (exact) mass is 420 g/mol. The van der Waals surface area contributed by atoms with Gasteiger partial charge in [0, 0.05) is 0 Å². The van der Waals surface area contributed by atoms with Crippen LogP contribution in [0.3, 0.4) is 0 Å². The van der Waals surface area contributed by atoms with Gasteiger partial charge in [-0.05, 0) is 72.9 Å². The third-order valence-electron chi connectivity index (χ3n) is 5.55. The minimum absolute atomic E-state index is 0.118. The fourth-order valence-corrected chi connectivity index (χ4v) is 4.40. The summed E-state index contributed by atoms with van der Waals surface area (Å²) in [6.45, 7) is 2.40. The molecule has 0 spiro atoms. The second kappa shape index (κ2) is 6.94. The summed E-state index contributed by atoms with van der Waals surface area (Å²) in [5.41, 5.74) is 2.18. The van der Waals surface area contributed by atoms with E-state index in [4.69, 9.17) is 4.74 Å². The van der Waals surface area contributed by atoms with E-state index in [1.54, 1.807) is 0 Å². The molecule has 1 saturated carbocycles. The molecular formula is C21H25F5OS. The van der Waals surface area contributed by atoms with Gasteiger partial charge in [-0.1, -0.05) is 57.0 Å². The molecule has 0 aliphatic heterocycles. The molecule has 0 unspecified atom stereocenters. The van der Waals surface area contributed by atoms with Gasteiger partial charge >= 0.3 is 10.2 Å². The second-order valence-electron chi connectivity index (χ2n) is 7.60. The van der Waals surface area contributed by atoms with E-state index in [0.29, 0.717) is 18.1 Å². The first-order chi connectivity index (χ1) is 12.9. The Morgan fingerprint density at radius 3 is 1.89 bits per heavy atom. The van der Waals surface area contributed by atoms with Crippen LogP contribution in [0.4, 0.5) is 19.4 Å². The molecule has 0 aromatic heterocycles. The molecule has 7 heteroatoms. The van der Waals surface area contributed by atoms with Crippen molar-refractivity contribution >= 4 is 10.2 Å². The van der Waals surface area contributed by atoms with E-state index in [1.165, 1.54) is 37.7 Å². The van der Waals surface area contributed by atoms with Gasteiger partial charge in [-0.2, -0.15) is 0 Å². The van der Waals surface area contributed by atoms with Crippen LogP contribution in [0, 0.1) is 5.92 Å². The SMILES string of the molecule is CC[C@H]1CC[C@H](c2ccc(COc3ccc(S(F)(F)(F)(F)F)cc3)cc2)CC1. The molecule has 0 amide bonds. The molecule has 0 radical (unpaired) electrons. The molecule has 0 bridgehead atoms. The fourth-order valence-electron chi connectivity index (χ4n) is 3.75. The van der Waals surface area contributed by atoms with Gasteiger partial charge < -0.3 is 4.74 Å². The van der Waals surface area contributed by atoms with Crippen molar-refractivity contribution in [1.29, 1.82) is 0 Å². The Hall–Kier alpha value is -1.76. The first-order valence-corrected chi connectivity index (χ1v) is 11.5. The van der Waals surface area contributed by atoms with Crippen molar-refractivity contribution in [1.82, 2.24) is 0 Å². The van der Waals surface area contributed by atoms with Crippen molar-refractivity contribution in [3.05, 3.63) is 59.7 Å². The predicted molar refractivity (Wildman–Crippen MR) is 104 cm³/mol. The number of benzene rings is 2. The molecule has 1 aliphatic carbocycles. The molecule has 156 valence electrons. The molecule has 0 atom stereocenters. The summed E-state index contributed by atoms with van der Waals surface area (Å²) < 4.78 is 69.1. The Balaban J connectivity index is 1.57. The Morgan fingerprint density at radius 2 is 1.39 bits per heavy atom. The Kier molecular flexibility index (Phi) is 5.19. The van der Waals surface area contributed by atoms with E-state index < -0.39 is 15.1 Å². The third-order valence-corrected chi connectivity index (χ3v) is 6.71. The molecule has 2 aromatic rings. The van der Waals surface area contributed by atoms with Crippen molar-refractivity contribution in [2.75, 3.05) is 0 Å². The molecule has 2 aromatic carbocycles. The highest BCUT2D eigenvalue weighted by molar-refractivity contribution is 8.45. The average Bonchev–Trinajstić information content (AvgIpc) is 2.65. The minimum atomic E-state index is -9.64. The smallest absolute Gasteiger partial charge is 0.310 e. The maximum absolute atomic E-state index is 12.7. The molecule has 1 fully saturated rings. The van der Waals surface area contributed by atoms with Crippen LogP contribution in [-0.2, 0) is 6.61 Å². The standard InChI is InChI=1S/C21H25F5OS/c1-2-16-3-7-18(8-4-16)19-9-5-17(6-10-19)15-27-20-11-13-21(14-12-20)28(22,23,24,25)26/h5-6,9-14,16,18H,2-4,7-8,15H2,1H3/t16-,18-. The van der Waals surface area contributed by atoms with Crippen LogP contribution in [0.25, 0.3) is 0 Å². The van der Waals surface area contributed by atoms with E-state index in [-0.39, 0.29) is 12.4 Å². The Morgan fingerprint density at radius 1 is 0.821 bits per heavy atom. The lowest BCUT2D eigenvalue weighted by molar-refractivity contribution is 0.305. The number of rotatable bonds is 6. The van der Waals surface area contributed by atoms with Crippen molar-refractivity contribution in [2.24, 2.45) is 5.92 Å². The lowest BCUT2D eigenvalue weighted by atomic mass is 9.78. The van der Waals surface area contributed by atoms with Gasteiger partial charge in [0.15, 0.2) is 0 Å². The number of ether oxygens (including phenoxy) is 1. The van der Waals surface area contributed by atoms with Gasteiger partial charge in [-0.15, -0.1) is 0 Å². The minimum Gasteiger partial charge on any atom is -0.489 e. The Bertz CT molecular complexity index is 792. The molecular weight excluding hydrogens is 395 g/mol. The van der Waals surface area contributed by atoms with Crippen molar-refractivity contribution in [2.45, 2.75) is 56.4 Å². The normalized spacial score (nSPS) is 22.9. The summed E-state index contributed by atoms with van der Waals surface area (Å²) in [7, 11) is -9.64. The van der Waals surface area contributed by atoms with E-state index in [2.05, 4.69) is 19.1 Å². The maximum Gasteiger partial charge on any atom is 0.310 e. The molecule has 1 nitrogen and oxygen atoms in total. The lowest BCUT2D eigenvalue weighted by Crippen LogP contribution is -2.12. The number of halogens is 5. The van der Waals surface area contributed by atoms with Gasteiger partial charge in [0.25, 0.3) is 0 Å². The van der Waals surface area contributed by atoms with Gasteiger partial charge in [0.05, 0.1) is 0 Å². The maximum atomic E-state index is 12.7. The Labute approximate surface area is 162 Å². The molecule has 1 aliphatic rings. The van der Waals surface area contributed by atoms with Crippen LogP contribution in [0.5, 0.6) is 5.75 Å². The highest BCUT2D eigenvalue weighted by atomic mass is 32.5. The zero-order valence-electron chi connectivity index (χ0n) is 15.7. The molecule has 0 heterocycles. The van der Waals surface area contributed by atoms with Crippen LogP contribution in [0.15, 0.2) is 53.4 Å².